The van der Waals surface area contributed by atoms with E-state index in [2.05, 4.69) is 10.1 Å². The van der Waals surface area contributed by atoms with Crippen LogP contribution in [0.15, 0.2) is 18.2 Å². The van der Waals surface area contributed by atoms with Crippen LogP contribution < -0.4 is 5.32 Å². The topological polar surface area (TPSA) is 58.6 Å². The van der Waals surface area contributed by atoms with Gasteiger partial charge in [-0.3, -0.25) is 4.79 Å². The third-order valence-electron chi connectivity index (χ3n) is 2.50. The number of ether oxygens (including phenoxy) is 1. The fourth-order valence-electron chi connectivity index (χ4n) is 1.53. The molecule has 1 aromatic carbocycles. The van der Waals surface area contributed by atoms with Crippen LogP contribution in [0.3, 0.4) is 0 Å². The molecule has 110 valence electrons. The number of amides is 2. The van der Waals surface area contributed by atoms with E-state index in [0.717, 1.165) is 0 Å². The van der Waals surface area contributed by atoms with E-state index in [9.17, 15) is 9.59 Å². The molecule has 0 aliphatic rings. The number of benzene rings is 1. The Morgan fingerprint density at radius 3 is 2.65 bits per heavy atom. The highest BCUT2D eigenvalue weighted by Crippen LogP contribution is 2.25. The van der Waals surface area contributed by atoms with Crippen molar-refractivity contribution in [3.63, 3.8) is 0 Å². The number of rotatable bonds is 5. The maximum absolute atomic E-state index is 12.1. The molecule has 1 rings (SSSR count). The Kier molecular flexibility index (Phi) is 6.61. The fraction of sp³-hybridized carbons (Fsp3) is 0.385. The zero-order chi connectivity index (χ0) is 15.1. The number of carbonyl (C=O) groups is 2. The quantitative estimate of drug-likeness (QED) is 0.846. The Hall–Kier alpha value is -1.46. The summed E-state index contributed by atoms with van der Waals surface area (Å²) in [7, 11) is 1.28. The van der Waals surface area contributed by atoms with Gasteiger partial charge in [0.25, 0.3) is 0 Å². The second-order valence-electron chi connectivity index (χ2n) is 4.05. The lowest BCUT2D eigenvalue weighted by atomic mass is 10.3. The molecule has 0 aromatic heterocycles. The lowest BCUT2D eigenvalue weighted by Crippen LogP contribution is -2.39. The summed E-state index contributed by atoms with van der Waals surface area (Å²) in [6.07, 6.45) is 0.716. The number of carbonyl (C=O) groups excluding carboxylic acids is 2. The van der Waals surface area contributed by atoms with Crippen LogP contribution >= 0.6 is 23.2 Å². The Morgan fingerprint density at radius 2 is 2.05 bits per heavy atom. The summed E-state index contributed by atoms with van der Waals surface area (Å²) in [4.78, 5) is 24.8. The van der Waals surface area contributed by atoms with Gasteiger partial charge in [0.1, 0.15) is 6.54 Å². The van der Waals surface area contributed by atoms with Gasteiger partial charge in [0.15, 0.2) is 0 Å². The zero-order valence-corrected chi connectivity index (χ0v) is 12.8. The van der Waals surface area contributed by atoms with Crippen molar-refractivity contribution in [1.29, 1.82) is 0 Å². The second-order valence-corrected chi connectivity index (χ2v) is 4.90. The molecule has 5 nitrogen and oxygen atoms in total. The summed E-state index contributed by atoms with van der Waals surface area (Å²) in [6, 6.07) is 4.33. The summed E-state index contributed by atoms with van der Waals surface area (Å²) in [5, 5.41) is 3.46. The smallest absolute Gasteiger partial charge is 0.325 e. The van der Waals surface area contributed by atoms with Crippen molar-refractivity contribution in [2.45, 2.75) is 13.3 Å². The number of methoxy groups -OCH3 is 1. The molecule has 0 saturated heterocycles. The molecule has 2 amide bonds. The molecule has 0 aliphatic carbocycles. The van der Waals surface area contributed by atoms with E-state index in [4.69, 9.17) is 23.2 Å². The highest BCUT2D eigenvalue weighted by molar-refractivity contribution is 6.35. The van der Waals surface area contributed by atoms with Gasteiger partial charge in [-0.2, -0.15) is 0 Å². The van der Waals surface area contributed by atoms with Crippen molar-refractivity contribution in [2.24, 2.45) is 0 Å². The number of hydrogen-bond acceptors (Lipinski definition) is 3. The van der Waals surface area contributed by atoms with Crippen molar-refractivity contribution in [3.05, 3.63) is 28.2 Å². The van der Waals surface area contributed by atoms with Gasteiger partial charge in [-0.15, -0.1) is 0 Å². The Bertz CT molecular complexity index is 495. The van der Waals surface area contributed by atoms with Crippen molar-refractivity contribution >= 4 is 40.9 Å². The van der Waals surface area contributed by atoms with E-state index < -0.39 is 12.0 Å². The zero-order valence-electron chi connectivity index (χ0n) is 11.3. The number of esters is 1. The van der Waals surface area contributed by atoms with E-state index in [1.165, 1.54) is 12.0 Å². The minimum absolute atomic E-state index is 0.117. The first-order chi connectivity index (χ1) is 9.47. The van der Waals surface area contributed by atoms with Gasteiger partial charge in [-0.1, -0.05) is 30.1 Å². The molecule has 0 heterocycles. The summed E-state index contributed by atoms with van der Waals surface area (Å²) in [5.41, 5.74) is 0.398. The van der Waals surface area contributed by atoms with Crippen LogP contribution in [-0.4, -0.2) is 37.1 Å². The molecule has 0 fully saturated rings. The maximum Gasteiger partial charge on any atom is 0.325 e. The van der Waals surface area contributed by atoms with Crippen molar-refractivity contribution < 1.29 is 14.3 Å². The number of anilines is 1. The van der Waals surface area contributed by atoms with Crippen LogP contribution in [0.5, 0.6) is 0 Å². The first kappa shape index (κ1) is 16.6. The monoisotopic (exact) mass is 318 g/mol. The highest BCUT2D eigenvalue weighted by atomic mass is 35.5. The van der Waals surface area contributed by atoms with Crippen molar-refractivity contribution in [2.75, 3.05) is 25.5 Å². The number of nitrogens with zero attached hydrogens (tertiary/aromatic N) is 1. The number of halogens is 2. The van der Waals surface area contributed by atoms with Gasteiger partial charge in [-0.05, 0) is 24.6 Å². The largest absolute Gasteiger partial charge is 0.468 e. The Labute approximate surface area is 127 Å². The molecule has 1 aromatic rings. The van der Waals surface area contributed by atoms with E-state index in [1.807, 2.05) is 6.92 Å². The van der Waals surface area contributed by atoms with Gasteiger partial charge in [0, 0.05) is 11.6 Å². The van der Waals surface area contributed by atoms with Crippen LogP contribution in [0.25, 0.3) is 0 Å². The molecule has 7 heteroatoms. The van der Waals surface area contributed by atoms with Gasteiger partial charge in [0.2, 0.25) is 0 Å². The van der Waals surface area contributed by atoms with E-state index in [-0.39, 0.29) is 6.54 Å². The van der Waals surface area contributed by atoms with Crippen LogP contribution in [0, 0.1) is 0 Å². The number of hydrogen-bond donors (Lipinski definition) is 1. The standard InChI is InChI=1S/C13H16Cl2N2O3/c1-3-6-17(8-12(18)20-2)13(19)16-11-7-9(14)4-5-10(11)15/h4-5,7H,3,6,8H2,1-2H3,(H,16,19). The molecule has 1 N–H and O–H groups in total. The number of nitrogens with one attached hydrogen (secondary N) is 1. The van der Waals surface area contributed by atoms with Gasteiger partial charge in [0.05, 0.1) is 17.8 Å². The summed E-state index contributed by atoms with van der Waals surface area (Å²) < 4.78 is 4.56. The minimum Gasteiger partial charge on any atom is -0.468 e. The lowest BCUT2D eigenvalue weighted by Gasteiger charge is -2.21. The van der Waals surface area contributed by atoms with E-state index in [0.29, 0.717) is 28.7 Å². The van der Waals surface area contributed by atoms with Crippen LogP contribution in [0.4, 0.5) is 10.5 Å². The van der Waals surface area contributed by atoms with Gasteiger partial charge >= 0.3 is 12.0 Å². The molecule has 20 heavy (non-hydrogen) atoms. The van der Waals surface area contributed by atoms with Gasteiger partial charge in [-0.25, -0.2) is 4.79 Å². The van der Waals surface area contributed by atoms with Crippen LogP contribution in [-0.2, 0) is 9.53 Å². The van der Waals surface area contributed by atoms with Crippen molar-refractivity contribution in [3.8, 4) is 0 Å². The Balaban J connectivity index is 2.79. The van der Waals surface area contributed by atoms with Gasteiger partial charge < -0.3 is 15.0 Å². The second kappa shape index (κ2) is 7.97. The summed E-state index contributed by atoms with van der Waals surface area (Å²) in [6.45, 7) is 2.22. The molecule has 0 radical (unpaired) electrons. The summed E-state index contributed by atoms with van der Waals surface area (Å²) >= 11 is 11.8. The average Bonchev–Trinajstić information content (AvgIpc) is 2.42. The first-order valence-electron chi connectivity index (χ1n) is 6.05. The van der Waals surface area contributed by atoms with E-state index in [1.54, 1.807) is 18.2 Å². The summed E-state index contributed by atoms with van der Waals surface area (Å²) in [5.74, 6) is -0.481. The maximum atomic E-state index is 12.1. The predicted octanol–water partition coefficient (Wildman–Crippen LogP) is 3.41. The lowest BCUT2D eigenvalue weighted by molar-refractivity contribution is -0.141. The molecule has 0 saturated carbocycles. The third-order valence-corrected chi connectivity index (χ3v) is 3.06. The molecule has 0 atom stereocenters. The molecular weight excluding hydrogens is 303 g/mol. The number of urea groups is 1. The fourth-order valence-corrected chi connectivity index (χ4v) is 1.87. The Morgan fingerprint density at radius 1 is 1.35 bits per heavy atom. The molecule has 0 bridgehead atoms. The third kappa shape index (κ3) is 4.90. The molecule has 0 spiro atoms. The molecule has 0 aliphatic heterocycles. The SMILES string of the molecule is CCCN(CC(=O)OC)C(=O)Nc1cc(Cl)ccc1Cl. The van der Waals surface area contributed by atoms with Crippen molar-refractivity contribution in [1.82, 2.24) is 4.90 Å². The van der Waals surface area contributed by atoms with E-state index >= 15 is 0 Å². The molecule has 0 unspecified atom stereocenters. The molecular formula is C13H16Cl2N2O3. The normalized spacial score (nSPS) is 10.0. The van der Waals surface area contributed by atoms with Crippen LogP contribution in [0.1, 0.15) is 13.3 Å². The predicted molar refractivity (Wildman–Crippen MR) is 79.4 cm³/mol. The highest BCUT2D eigenvalue weighted by Gasteiger charge is 2.17. The average molecular weight is 319 g/mol. The minimum atomic E-state index is -0.481. The first-order valence-corrected chi connectivity index (χ1v) is 6.81. The van der Waals surface area contributed by atoms with Crippen LogP contribution in [0.2, 0.25) is 10.0 Å².